The molecule has 0 aromatic rings. The maximum Gasteiger partial charge on any atom is 0.120 e. The van der Waals surface area contributed by atoms with Gasteiger partial charge in [-0.15, -0.1) is 0 Å². The SMILES string of the molecule is O=CCCC1(O)CC2CCC(C2)C1. The molecule has 74 valence electrons. The molecule has 2 bridgehead atoms. The summed E-state index contributed by atoms with van der Waals surface area (Å²) in [5, 5.41) is 10.2. The Morgan fingerprint density at radius 1 is 1.31 bits per heavy atom. The Balaban J connectivity index is 1.95. The van der Waals surface area contributed by atoms with E-state index in [0.717, 1.165) is 31.0 Å². The smallest absolute Gasteiger partial charge is 0.120 e. The minimum absolute atomic E-state index is 0.495. The summed E-state index contributed by atoms with van der Waals surface area (Å²) < 4.78 is 0. The number of fused-ring (bicyclic) bond motifs is 2. The molecule has 2 aliphatic rings. The summed E-state index contributed by atoms with van der Waals surface area (Å²) in [6, 6.07) is 0. The summed E-state index contributed by atoms with van der Waals surface area (Å²) in [7, 11) is 0. The summed E-state index contributed by atoms with van der Waals surface area (Å²) in [5.74, 6) is 1.49. The lowest BCUT2D eigenvalue weighted by Crippen LogP contribution is -2.36. The average molecular weight is 182 g/mol. The van der Waals surface area contributed by atoms with Crippen LogP contribution in [0.15, 0.2) is 0 Å². The summed E-state index contributed by atoms with van der Waals surface area (Å²) in [5.41, 5.74) is -0.495. The van der Waals surface area contributed by atoms with Gasteiger partial charge in [-0.25, -0.2) is 0 Å². The second-order valence-electron chi connectivity index (χ2n) is 4.88. The van der Waals surface area contributed by atoms with Gasteiger partial charge in [0.1, 0.15) is 6.29 Å². The fourth-order valence-corrected chi connectivity index (χ4v) is 3.24. The predicted molar refractivity (Wildman–Crippen MR) is 50.3 cm³/mol. The van der Waals surface area contributed by atoms with Crippen LogP contribution in [0.4, 0.5) is 0 Å². The second-order valence-corrected chi connectivity index (χ2v) is 4.88. The fraction of sp³-hybridized carbons (Fsp3) is 0.909. The first-order valence-electron chi connectivity index (χ1n) is 5.38. The van der Waals surface area contributed by atoms with Gasteiger partial charge < -0.3 is 9.90 Å². The van der Waals surface area contributed by atoms with Crippen molar-refractivity contribution in [3.8, 4) is 0 Å². The van der Waals surface area contributed by atoms with E-state index in [2.05, 4.69) is 0 Å². The molecule has 2 heteroatoms. The fourth-order valence-electron chi connectivity index (χ4n) is 3.24. The third kappa shape index (κ3) is 1.93. The number of carbonyl (C=O) groups is 1. The molecule has 0 aromatic carbocycles. The van der Waals surface area contributed by atoms with Crippen molar-refractivity contribution >= 4 is 6.29 Å². The van der Waals surface area contributed by atoms with E-state index in [0.29, 0.717) is 12.8 Å². The summed E-state index contributed by atoms with van der Waals surface area (Å²) in [6.45, 7) is 0. The molecule has 2 nitrogen and oxygen atoms in total. The van der Waals surface area contributed by atoms with Crippen molar-refractivity contribution in [1.29, 1.82) is 0 Å². The van der Waals surface area contributed by atoms with E-state index in [4.69, 9.17) is 0 Å². The van der Waals surface area contributed by atoms with Crippen LogP contribution < -0.4 is 0 Å². The number of hydrogen-bond donors (Lipinski definition) is 1. The Hall–Kier alpha value is -0.370. The van der Waals surface area contributed by atoms with Crippen molar-refractivity contribution in [3.05, 3.63) is 0 Å². The highest BCUT2D eigenvalue weighted by atomic mass is 16.3. The molecular formula is C11H18O2. The largest absolute Gasteiger partial charge is 0.390 e. The van der Waals surface area contributed by atoms with Crippen LogP contribution in [0, 0.1) is 11.8 Å². The molecule has 0 radical (unpaired) electrons. The minimum Gasteiger partial charge on any atom is -0.390 e. The molecule has 2 unspecified atom stereocenters. The maximum absolute atomic E-state index is 10.3. The van der Waals surface area contributed by atoms with Crippen molar-refractivity contribution in [3.63, 3.8) is 0 Å². The van der Waals surface area contributed by atoms with Gasteiger partial charge >= 0.3 is 0 Å². The Bertz CT molecular complexity index is 188. The van der Waals surface area contributed by atoms with Crippen molar-refractivity contribution in [2.45, 2.75) is 50.5 Å². The van der Waals surface area contributed by atoms with E-state index in [1.165, 1.54) is 19.3 Å². The summed E-state index contributed by atoms with van der Waals surface area (Å²) >= 11 is 0. The van der Waals surface area contributed by atoms with Crippen LogP contribution in [-0.2, 0) is 4.79 Å². The first kappa shape index (κ1) is 9.20. The van der Waals surface area contributed by atoms with Crippen LogP contribution in [0.5, 0.6) is 0 Å². The standard InChI is InChI=1S/C11H18O2/c12-5-1-4-11(13)7-9-2-3-10(6-9)8-11/h5,9-10,13H,1-4,6-8H2. The Morgan fingerprint density at radius 2 is 1.92 bits per heavy atom. The minimum atomic E-state index is -0.495. The van der Waals surface area contributed by atoms with Crippen LogP contribution in [0.3, 0.4) is 0 Å². The van der Waals surface area contributed by atoms with Crippen LogP contribution in [0.1, 0.15) is 44.9 Å². The lowest BCUT2D eigenvalue weighted by molar-refractivity contribution is -0.110. The Labute approximate surface area is 79.3 Å². The van der Waals surface area contributed by atoms with Gasteiger partial charge in [-0.05, 0) is 37.5 Å². The number of aldehydes is 1. The molecule has 2 fully saturated rings. The van der Waals surface area contributed by atoms with E-state index in [1.54, 1.807) is 0 Å². The average Bonchev–Trinajstić information content (AvgIpc) is 2.43. The van der Waals surface area contributed by atoms with Gasteiger partial charge in [0.05, 0.1) is 5.60 Å². The van der Waals surface area contributed by atoms with E-state index in [-0.39, 0.29) is 0 Å². The Morgan fingerprint density at radius 3 is 2.46 bits per heavy atom. The topological polar surface area (TPSA) is 37.3 Å². The first-order chi connectivity index (χ1) is 6.22. The number of carbonyl (C=O) groups excluding carboxylic acids is 1. The van der Waals surface area contributed by atoms with Gasteiger partial charge in [0.25, 0.3) is 0 Å². The molecule has 0 spiro atoms. The van der Waals surface area contributed by atoms with E-state index < -0.39 is 5.60 Å². The predicted octanol–water partition coefficient (Wildman–Crippen LogP) is 1.91. The molecule has 0 aromatic heterocycles. The van der Waals surface area contributed by atoms with Crippen molar-refractivity contribution in [2.75, 3.05) is 0 Å². The molecule has 0 saturated heterocycles. The van der Waals surface area contributed by atoms with Crippen LogP contribution in [0.2, 0.25) is 0 Å². The highest BCUT2D eigenvalue weighted by Gasteiger charge is 2.41. The number of hydrogen-bond acceptors (Lipinski definition) is 2. The normalized spacial score (nSPS) is 43.5. The van der Waals surface area contributed by atoms with Crippen molar-refractivity contribution in [1.82, 2.24) is 0 Å². The van der Waals surface area contributed by atoms with E-state index in [1.807, 2.05) is 0 Å². The highest BCUT2D eigenvalue weighted by Crippen LogP contribution is 2.47. The quantitative estimate of drug-likeness (QED) is 0.677. The zero-order valence-electron chi connectivity index (χ0n) is 8.04. The van der Waals surface area contributed by atoms with Crippen LogP contribution in [-0.4, -0.2) is 17.0 Å². The first-order valence-corrected chi connectivity index (χ1v) is 5.38. The molecule has 0 amide bonds. The third-order valence-electron chi connectivity index (χ3n) is 3.71. The third-order valence-corrected chi connectivity index (χ3v) is 3.71. The van der Waals surface area contributed by atoms with Gasteiger partial charge in [0.15, 0.2) is 0 Å². The molecule has 2 aliphatic carbocycles. The summed E-state index contributed by atoms with van der Waals surface area (Å²) in [6.07, 6.45) is 7.94. The van der Waals surface area contributed by atoms with Gasteiger partial charge in [-0.3, -0.25) is 0 Å². The molecular weight excluding hydrogens is 164 g/mol. The maximum atomic E-state index is 10.3. The lowest BCUT2D eigenvalue weighted by Gasteiger charge is -2.36. The molecule has 0 aliphatic heterocycles. The van der Waals surface area contributed by atoms with Gasteiger partial charge in [-0.2, -0.15) is 0 Å². The van der Waals surface area contributed by atoms with Gasteiger partial charge in [0.2, 0.25) is 0 Å². The molecule has 2 saturated carbocycles. The lowest BCUT2D eigenvalue weighted by atomic mass is 9.75. The molecule has 2 rings (SSSR count). The van der Waals surface area contributed by atoms with Crippen molar-refractivity contribution < 1.29 is 9.90 Å². The number of aliphatic hydroxyl groups is 1. The van der Waals surface area contributed by atoms with Gasteiger partial charge in [0, 0.05) is 6.42 Å². The number of rotatable bonds is 3. The molecule has 0 heterocycles. The molecule has 2 atom stereocenters. The zero-order chi connectivity index (χ0) is 9.31. The van der Waals surface area contributed by atoms with E-state index in [9.17, 15) is 9.90 Å². The molecule has 13 heavy (non-hydrogen) atoms. The monoisotopic (exact) mass is 182 g/mol. The molecule has 1 N–H and O–H groups in total. The van der Waals surface area contributed by atoms with Crippen molar-refractivity contribution in [2.24, 2.45) is 11.8 Å². The summed E-state index contributed by atoms with van der Waals surface area (Å²) in [4.78, 5) is 10.3. The Kier molecular flexibility index (Phi) is 2.41. The van der Waals surface area contributed by atoms with Crippen LogP contribution >= 0.6 is 0 Å². The zero-order valence-corrected chi connectivity index (χ0v) is 8.04. The van der Waals surface area contributed by atoms with E-state index >= 15 is 0 Å². The van der Waals surface area contributed by atoms with Gasteiger partial charge in [-0.1, -0.05) is 12.8 Å². The second kappa shape index (κ2) is 3.41. The highest BCUT2D eigenvalue weighted by molar-refractivity contribution is 5.49. The van der Waals surface area contributed by atoms with Crippen LogP contribution in [0.25, 0.3) is 0 Å².